The molecular weight excluding hydrogens is 450 g/mol. The number of rotatable bonds is 5. The van der Waals surface area contributed by atoms with Crippen molar-refractivity contribution in [2.45, 2.75) is 12.8 Å². The molecule has 124 valence electrons. The molecule has 2 aromatic rings. The number of pyridine rings is 1. The molecule has 0 radical (unpaired) electrons. The van der Waals surface area contributed by atoms with Gasteiger partial charge in [-0.25, -0.2) is 4.98 Å². The number of hydrogen-bond donors (Lipinski definition) is 0. The number of benzene rings is 1. The van der Waals surface area contributed by atoms with E-state index in [0.717, 1.165) is 11.6 Å². The molecule has 0 aliphatic rings. The average Bonchev–Trinajstić information content (AvgIpc) is 2.50. The first-order valence-electron chi connectivity index (χ1n) is 6.16. The summed E-state index contributed by atoms with van der Waals surface area (Å²) in [6.07, 6.45) is -3.85. The predicted molar refractivity (Wildman–Crippen MR) is 86.1 cm³/mol. The summed E-state index contributed by atoms with van der Waals surface area (Å²) in [7, 11) is 1.49. The highest BCUT2D eigenvalue weighted by Crippen LogP contribution is 2.35. The van der Waals surface area contributed by atoms with Gasteiger partial charge in [-0.2, -0.15) is 13.2 Å². The van der Waals surface area contributed by atoms with Crippen LogP contribution in [-0.4, -0.2) is 12.1 Å². The number of nitrogens with zero attached hydrogens (tertiary/aromatic N) is 1. The number of aromatic nitrogens is 1. The Morgan fingerprint density at radius 2 is 2.00 bits per heavy atom. The standard InChI is InChI=1S/C14H10ClF3INO3/c1-21-12-5-10(3-2-8(12)7-22-19)23-13-11(15)4-9(6-20-13)14(16,17)18/h2-6H,7H2,1H3. The summed E-state index contributed by atoms with van der Waals surface area (Å²) in [4.78, 5) is 3.61. The fourth-order valence-electron chi connectivity index (χ4n) is 1.73. The lowest BCUT2D eigenvalue weighted by Gasteiger charge is -2.12. The minimum atomic E-state index is -4.51. The van der Waals surface area contributed by atoms with Crippen molar-refractivity contribution in [2.24, 2.45) is 0 Å². The first-order valence-corrected chi connectivity index (χ1v) is 7.42. The molecule has 9 heteroatoms. The molecule has 0 bridgehead atoms. The Bertz CT molecular complexity index is 697. The first-order chi connectivity index (χ1) is 10.8. The molecule has 1 heterocycles. The monoisotopic (exact) mass is 459 g/mol. The molecule has 1 aromatic carbocycles. The average molecular weight is 460 g/mol. The Balaban J connectivity index is 2.25. The molecule has 1 aromatic heterocycles. The van der Waals surface area contributed by atoms with E-state index in [0.29, 0.717) is 24.3 Å². The summed E-state index contributed by atoms with van der Waals surface area (Å²) in [5.74, 6) is 0.718. The van der Waals surface area contributed by atoms with E-state index in [-0.39, 0.29) is 10.9 Å². The molecule has 0 saturated carbocycles. The summed E-state index contributed by atoms with van der Waals surface area (Å²) >= 11 is 7.56. The second kappa shape index (κ2) is 7.54. The molecule has 4 nitrogen and oxygen atoms in total. The van der Waals surface area contributed by atoms with Crippen LogP contribution in [-0.2, 0) is 15.8 Å². The van der Waals surface area contributed by atoms with Crippen molar-refractivity contribution in [3.63, 3.8) is 0 Å². The summed E-state index contributed by atoms with van der Waals surface area (Å²) in [5.41, 5.74) is -0.150. The Morgan fingerprint density at radius 3 is 2.57 bits per heavy atom. The van der Waals surface area contributed by atoms with E-state index in [9.17, 15) is 13.2 Å². The maximum atomic E-state index is 12.6. The highest BCUT2D eigenvalue weighted by Gasteiger charge is 2.31. The van der Waals surface area contributed by atoms with Gasteiger partial charge >= 0.3 is 6.18 Å². The lowest BCUT2D eigenvalue weighted by atomic mass is 10.2. The number of hydrogen-bond acceptors (Lipinski definition) is 4. The molecule has 0 amide bonds. The molecule has 0 atom stereocenters. The topological polar surface area (TPSA) is 40.6 Å². The van der Waals surface area contributed by atoms with Crippen LogP contribution in [0.15, 0.2) is 30.5 Å². The summed E-state index contributed by atoms with van der Waals surface area (Å²) < 4.78 is 53.3. The van der Waals surface area contributed by atoms with Gasteiger partial charge in [0.05, 0.1) is 19.3 Å². The third-order valence-electron chi connectivity index (χ3n) is 2.82. The van der Waals surface area contributed by atoms with Crippen LogP contribution in [0.2, 0.25) is 5.02 Å². The van der Waals surface area contributed by atoms with Crippen LogP contribution < -0.4 is 9.47 Å². The van der Waals surface area contributed by atoms with Gasteiger partial charge in [0.2, 0.25) is 5.88 Å². The van der Waals surface area contributed by atoms with E-state index in [1.165, 1.54) is 7.11 Å². The van der Waals surface area contributed by atoms with Crippen LogP contribution in [0.25, 0.3) is 0 Å². The molecule has 0 fully saturated rings. The Hall–Kier alpha value is -1.26. The van der Waals surface area contributed by atoms with Crippen LogP contribution in [0.5, 0.6) is 17.4 Å². The van der Waals surface area contributed by atoms with Gasteiger partial charge in [0.25, 0.3) is 0 Å². The van der Waals surface area contributed by atoms with E-state index >= 15 is 0 Å². The molecule has 0 N–H and O–H groups in total. The lowest BCUT2D eigenvalue weighted by Crippen LogP contribution is -2.05. The van der Waals surface area contributed by atoms with Crippen molar-refractivity contribution >= 4 is 34.6 Å². The zero-order valence-electron chi connectivity index (χ0n) is 11.7. The van der Waals surface area contributed by atoms with E-state index in [1.54, 1.807) is 41.2 Å². The highest BCUT2D eigenvalue weighted by molar-refractivity contribution is 14.1. The molecular formula is C14H10ClF3INO3. The third kappa shape index (κ3) is 4.61. The summed E-state index contributed by atoms with van der Waals surface area (Å²) in [6, 6.07) is 5.66. The first kappa shape index (κ1) is 18.1. The zero-order chi connectivity index (χ0) is 17.0. The smallest absolute Gasteiger partial charge is 0.417 e. The number of methoxy groups -OCH3 is 1. The largest absolute Gasteiger partial charge is 0.496 e. The van der Waals surface area contributed by atoms with Gasteiger partial charge in [0.15, 0.2) is 0 Å². The van der Waals surface area contributed by atoms with Gasteiger partial charge in [-0.05, 0) is 18.2 Å². The number of halogens is 5. The minimum Gasteiger partial charge on any atom is -0.496 e. The van der Waals surface area contributed by atoms with Gasteiger partial charge in [0, 0.05) is 17.8 Å². The Morgan fingerprint density at radius 1 is 1.26 bits per heavy atom. The fraction of sp³-hybridized carbons (Fsp3) is 0.214. The zero-order valence-corrected chi connectivity index (χ0v) is 14.6. The predicted octanol–water partition coefficient (Wildman–Crippen LogP) is 5.42. The number of ether oxygens (including phenoxy) is 2. The van der Waals surface area contributed by atoms with Crippen molar-refractivity contribution in [3.05, 3.63) is 46.6 Å². The Labute approximate surface area is 149 Å². The van der Waals surface area contributed by atoms with E-state index in [1.807, 2.05) is 0 Å². The van der Waals surface area contributed by atoms with E-state index in [2.05, 4.69) is 4.98 Å². The second-order valence-corrected chi connectivity index (χ2v) is 5.37. The van der Waals surface area contributed by atoms with Crippen molar-refractivity contribution in [1.82, 2.24) is 4.98 Å². The van der Waals surface area contributed by atoms with E-state index < -0.39 is 11.7 Å². The SMILES string of the molecule is COc1cc(Oc2ncc(C(F)(F)F)cc2Cl)ccc1COI. The summed E-state index contributed by atoms with van der Waals surface area (Å²) in [6.45, 7) is 0.337. The van der Waals surface area contributed by atoms with Crippen LogP contribution in [0, 0.1) is 0 Å². The Kier molecular flexibility index (Phi) is 5.93. The molecule has 0 saturated heterocycles. The maximum Gasteiger partial charge on any atom is 0.417 e. The van der Waals surface area contributed by atoms with Gasteiger partial charge in [-0.3, -0.25) is 0 Å². The quantitative estimate of drug-likeness (QED) is 0.560. The molecule has 2 rings (SSSR count). The van der Waals surface area contributed by atoms with Crippen LogP contribution in [0.1, 0.15) is 11.1 Å². The highest BCUT2D eigenvalue weighted by atomic mass is 127. The lowest BCUT2D eigenvalue weighted by molar-refractivity contribution is -0.137. The molecule has 23 heavy (non-hydrogen) atoms. The molecule has 0 spiro atoms. The molecule has 0 aliphatic carbocycles. The third-order valence-corrected chi connectivity index (χ3v) is 3.40. The molecule has 0 unspecified atom stereocenters. The normalized spacial score (nSPS) is 11.4. The van der Waals surface area contributed by atoms with Gasteiger partial charge in [-0.1, -0.05) is 11.6 Å². The van der Waals surface area contributed by atoms with Crippen molar-refractivity contribution in [3.8, 4) is 17.4 Å². The van der Waals surface area contributed by atoms with Crippen LogP contribution in [0.4, 0.5) is 13.2 Å². The summed E-state index contributed by atoms with van der Waals surface area (Å²) in [5, 5.41) is -0.238. The molecule has 0 aliphatic heterocycles. The fourth-order valence-corrected chi connectivity index (χ4v) is 2.27. The van der Waals surface area contributed by atoms with Crippen molar-refractivity contribution in [1.29, 1.82) is 0 Å². The van der Waals surface area contributed by atoms with Crippen LogP contribution in [0.3, 0.4) is 0 Å². The second-order valence-electron chi connectivity index (χ2n) is 4.34. The van der Waals surface area contributed by atoms with E-state index in [4.69, 9.17) is 24.1 Å². The van der Waals surface area contributed by atoms with Crippen molar-refractivity contribution < 1.29 is 25.7 Å². The minimum absolute atomic E-state index is 0.125. The van der Waals surface area contributed by atoms with Crippen LogP contribution >= 0.6 is 34.6 Å². The van der Waals surface area contributed by atoms with Crippen molar-refractivity contribution in [2.75, 3.05) is 7.11 Å². The van der Waals surface area contributed by atoms with Gasteiger partial charge in [-0.15, -0.1) is 0 Å². The van der Waals surface area contributed by atoms with Gasteiger partial charge in [0.1, 0.15) is 39.5 Å². The number of alkyl halides is 3. The maximum absolute atomic E-state index is 12.6. The van der Waals surface area contributed by atoms with Gasteiger partial charge < -0.3 is 12.5 Å².